The Morgan fingerprint density at radius 3 is 2.39 bits per heavy atom. The molecule has 3 saturated carbocycles. The average molecular weight is 682 g/mol. The van der Waals surface area contributed by atoms with Gasteiger partial charge < -0.3 is 14.5 Å². The second-order valence-electron chi connectivity index (χ2n) is 15.1. The zero-order chi connectivity index (χ0) is 34.7. The van der Waals surface area contributed by atoms with Crippen LogP contribution in [0.5, 0.6) is 5.88 Å². The number of nitrogens with zero attached hydrogens (tertiary/aromatic N) is 6. The number of anilines is 2. The standard InChI is InChI=1S/C37H43N7O4S/c1-23-9-7-10-24(2)33(23)29-16-32-41-35(39-29)42-49(46,47)28-12-8-11-26(15-28)34(45)44(27(22-48-32)20-36(3,4)5)21-30-38-14-13-31(40-30)43(6)37-17-25(18-37)19-37/h7-16,25,27H,17-22H2,1-6H3,(H,39,41,42)/t25?,27-,37?/m1/s1. The Labute approximate surface area is 288 Å². The van der Waals surface area contributed by atoms with Crippen molar-refractivity contribution < 1.29 is 17.9 Å². The van der Waals surface area contributed by atoms with Crippen LogP contribution in [-0.4, -0.2) is 64.4 Å². The van der Waals surface area contributed by atoms with Gasteiger partial charge in [-0.15, -0.1) is 0 Å². The molecule has 0 radical (unpaired) electrons. The second-order valence-corrected chi connectivity index (χ2v) is 16.8. The Morgan fingerprint density at radius 1 is 1.00 bits per heavy atom. The molecular formula is C37H43N7O4S. The lowest BCUT2D eigenvalue weighted by atomic mass is 9.49. The van der Waals surface area contributed by atoms with Crippen LogP contribution in [0.2, 0.25) is 0 Å². The second kappa shape index (κ2) is 12.1. The van der Waals surface area contributed by atoms with E-state index < -0.39 is 16.1 Å². The largest absolute Gasteiger partial charge is 0.475 e. The highest BCUT2D eigenvalue weighted by molar-refractivity contribution is 7.92. The molecule has 1 N–H and O–H groups in total. The third-order valence-electron chi connectivity index (χ3n) is 10.1. The monoisotopic (exact) mass is 681 g/mol. The normalized spacial score (nSPS) is 22.7. The number of rotatable bonds is 6. The van der Waals surface area contributed by atoms with Crippen LogP contribution in [0, 0.1) is 25.2 Å². The van der Waals surface area contributed by atoms with Gasteiger partial charge in [-0.3, -0.25) is 4.79 Å². The Hall–Kier alpha value is -4.58. The molecule has 4 aliphatic rings. The zero-order valence-electron chi connectivity index (χ0n) is 28.9. The first-order valence-electron chi connectivity index (χ1n) is 16.8. The molecule has 2 aromatic heterocycles. The van der Waals surface area contributed by atoms with Gasteiger partial charge in [0.15, 0.2) is 0 Å². The molecule has 49 heavy (non-hydrogen) atoms. The van der Waals surface area contributed by atoms with Crippen LogP contribution in [-0.2, 0) is 16.6 Å². The molecule has 0 spiro atoms. The maximum absolute atomic E-state index is 14.5. The van der Waals surface area contributed by atoms with Crippen LogP contribution in [0.15, 0.2) is 65.7 Å². The summed E-state index contributed by atoms with van der Waals surface area (Å²) in [6.07, 6.45) is 5.88. The van der Waals surface area contributed by atoms with Crippen LogP contribution in [0.3, 0.4) is 0 Å². The highest BCUT2D eigenvalue weighted by Crippen LogP contribution is 2.60. The Balaban J connectivity index is 1.32. The van der Waals surface area contributed by atoms with E-state index in [0.29, 0.717) is 17.9 Å². The maximum atomic E-state index is 14.5. The van der Waals surface area contributed by atoms with Crippen molar-refractivity contribution in [2.75, 3.05) is 23.3 Å². The minimum Gasteiger partial charge on any atom is -0.475 e. The lowest BCUT2D eigenvalue weighted by Gasteiger charge is -2.66. The van der Waals surface area contributed by atoms with E-state index in [-0.39, 0.29) is 52.3 Å². The molecule has 0 saturated heterocycles. The van der Waals surface area contributed by atoms with E-state index in [9.17, 15) is 13.2 Å². The van der Waals surface area contributed by atoms with Crippen molar-refractivity contribution in [2.45, 2.75) is 83.3 Å². The molecule has 1 amide bonds. The summed E-state index contributed by atoms with van der Waals surface area (Å²) in [6.45, 7) is 10.5. The summed E-state index contributed by atoms with van der Waals surface area (Å²) in [4.78, 5) is 37.1. The molecule has 1 aliphatic heterocycles. The predicted octanol–water partition coefficient (Wildman–Crippen LogP) is 6.18. The van der Waals surface area contributed by atoms with E-state index in [4.69, 9.17) is 9.72 Å². The minimum absolute atomic E-state index is 0.0770. The van der Waals surface area contributed by atoms with E-state index in [2.05, 4.69) is 52.4 Å². The summed E-state index contributed by atoms with van der Waals surface area (Å²) < 4.78 is 36.4. The number of nitrogens with one attached hydrogen (secondary N) is 1. The van der Waals surface area contributed by atoms with E-state index in [1.807, 2.05) is 38.1 Å². The fourth-order valence-corrected chi connectivity index (χ4v) is 8.43. The minimum atomic E-state index is -4.17. The van der Waals surface area contributed by atoms with Crippen molar-refractivity contribution in [3.05, 3.63) is 83.3 Å². The van der Waals surface area contributed by atoms with Gasteiger partial charge in [-0.1, -0.05) is 45.0 Å². The van der Waals surface area contributed by atoms with Crippen LogP contribution >= 0.6 is 0 Å². The van der Waals surface area contributed by atoms with Gasteiger partial charge >= 0.3 is 0 Å². The number of ether oxygens (including phenoxy) is 1. The summed E-state index contributed by atoms with van der Waals surface area (Å²) in [5, 5.41) is 0. The lowest BCUT2D eigenvalue weighted by molar-refractivity contribution is -0.0215. The number of hydrogen-bond donors (Lipinski definition) is 1. The maximum Gasteiger partial charge on any atom is 0.264 e. The van der Waals surface area contributed by atoms with E-state index in [1.54, 1.807) is 29.3 Å². The van der Waals surface area contributed by atoms with Gasteiger partial charge in [-0.25, -0.2) is 28.1 Å². The van der Waals surface area contributed by atoms with E-state index in [1.165, 1.54) is 31.4 Å². The summed E-state index contributed by atoms with van der Waals surface area (Å²) in [7, 11) is -2.09. The SMILES string of the molecule is Cc1cccc(C)c1-c1cc2nc(n1)NS(=O)(=O)c1cccc(c1)C(=O)N(Cc1nccc(N(C)C34CC(C3)C4)n1)[C@H](CC(C)(C)C)CO2. The quantitative estimate of drug-likeness (QED) is 0.254. The smallest absolute Gasteiger partial charge is 0.264 e. The first kappa shape index (κ1) is 32.9. The van der Waals surface area contributed by atoms with E-state index >= 15 is 0 Å². The molecule has 1 atom stereocenters. The molecular weight excluding hydrogens is 639 g/mol. The third kappa shape index (κ3) is 6.46. The number of fused-ring (bicyclic) bond motifs is 4. The van der Waals surface area contributed by atoms with Gasteiger partial charge in [0.2, 0.25) is 11.8 Å². The van der Waals surface area contributed by atoms with E-state index in [0.717, 1.165) is 28.4 Å². The van der Waals surface area contributed by atoms with Crippen molar-refractivity contribution in [3.8, 4) is 17.1 Å². The molecule has 12 heteroatoms. The first-order chi connectivity index (χ1) is 23.2. The number of sulfonamides is 1. The van der Waals surface area contributed by atoms with Crippen molar-refractivity contribution in [1.82, 2.24) is 24.8 Å². The summed E-state index contributed by atoms with van der Waals surface area (Å²) in [5.74, 6) is 1.89. The fraction of sp³-hybridized carbons (Fsp3) is 0.432. The van der Waals surface area contributed by atoms with Gasteiger partial charge in [0.05, 0.1) is 23.2 Å². The third-order valence-corrected chi connectivity index (χ3v) is 11.4. The van der Waals surface area contributed by atoms with Crippen LogP contribution in [0.4, 0.5) is 11.8 Å². The molecule has 3 heterocycles. The lowest BCUT2D eigenvalue weighted by Crippen LogP contribution is -2.67. The summed E-state index contributed by atoms with van der Waals surface area (Å²) in [5.41, 5.74) is 3.56. The number of carbonyl (C=O) groups is 1. The van der Waals surface area contributed by atoms with Crippen molar-refractivity contribution >= 4 is 27.7 Å². The molecule has 3 aliphatic carbocycles. The molecule has 3 fully saturated rings. The summed E-state index contributed by atoms with van der Waals surface area (Å²) in [6, 6.07) is 15.2. The molecule has 256 valence electrons. The van der Waals surface area contributed by atoms with Gasteiger partial charge in [-0.05, 0) is 86.3 Å². The molecule has 6 bridgehead atoms. The van der Waals surface area contributed by atoms with Crippen molar-refractivity contribution in [3.63, 3.8) is 0 Å². The van der Waals surface area contributed by atoms with Gasteiger partial charge in [0.25, 0.3) is 15.9 Å². The topological polar surface area (TPSA) is 131 Å². The molecule has 11 nitrogen and oxygen atoms in total. The number of carbonyl (C=O) groups excluding carboxylic acids is 1. The number of aromatic nitrogens is 4. The zero-order valence-corrected chi connectivity index (χ0v) is 29.7. The highest BCUT2D eigenvalue weighted by atomic mass is 32.2. The predicted molar refractivity (Wildman–Crippen MR) is 188 cm³/mol. The number of aryl methyl sites for hydroxylation is 2. The van der Waals surface area contributed by atoms with Crippen LogP contribution in [0.25, 0.3) is 11.3 Å². The van der Waals surface area contributed by atoms with Crippen molar-refractivity contribution in [1.29, 1.82) is 0 Å². The molecule has 8 rings (SSSR count). The number of hydrogen-bond acceptors (Lipinski definition) is 9. The molecule has 4 aromatic rings. The average Bonchev–Trinajstić information content (AvgIpc) is 2.99. The van der Waals surface area contributed by atoms with Gasteiger partial charge in [-0.2, -0.15) is 4.98 Å². The fourth-order valence-electron chi connectivity index (χ4n) is 7.44. The summed E-state index contributed by atoms with van der Waals surface area (Å²) >= 11 is 0. The molecule has 2 aromatic carbocycles. The van der Waals surface area contributed by atoms with Crippen molar-refractivity contribution in [2.24, 2.45) is 11.3 Å². The van der Waals surface area contributed by atoms with Gasteiger partial charge in [0.1, 0.15) is 18.2 Å². The van der Waals surface area contributed by atoms with Crippen LogP contribution in [0.1, 0.15) is 73.8 Å². The Bertz CT molecular complexity index is 2010. The number of amides is 1. The first-order valence-corrected chi connectivity index (χ1v) is 18.3. The van der Waals surface area contributed by atoms with Gasteiger partial charge in [0, 0.05) is 36.0 Å². The highest BCUT2D eigenvalue weighted by Gasteiger charge is 2.59. The Kier molecular flexibility index (Phi) is 8.12. The molecule has 0 unspecified atom stereocenters. The van der Waals surface area contributed by atoms with Crippen LogP contribution < -0.4 is 14.4 Å². The Morgan fingerprint density at radius 2 is 1.71 bits per heavy atom. The number of benzene rings is 2.